The van der Waals surface area contributed by atoms with Gasteiger partial charge in [-0.05, 0) is 128 Å². The average Bonchev–Trinajstić information content (AvgIpc) is 3.80. The Balaban J connectivity index is 0.000000196. The highest BCUT2D eigenvalue weighted by Gasteiger charge is 2.34. The van der Waals surface area contributed by atoms with E-state index in [-0.39, 0.29) is 59.6 Å². The first-order valence-electron chi connectivity index (χ1n) is 29.6. The van der Waals surface area contributed by atoms with Gasteiger partial charge in [-0.2, -0.15) is 0 Å². The molecule has 7 aromatic carbocycles. The molecule has 7 aromatic rings. The van der Waals surface area contributed by atoms with E-state index in [1.54, 1.807) is 0 Å². The van der Waals surface area contributed by atoms with Crippen LogP contribution in [0.5, 0.6) is 0 Å². The van der Waals surface area contributed by atoms with Crippen molar-refractivity contribution in [3.63, 3.8) is 0 Å². The van der Waals surface area contributed by atoms with Crippen molar-refractivity contribution in [3.05, 3.63) is 228 Å². The van der Waals surface area contributed by atoms with Crippen LogP contribution in [-0.4, -0.2) is 128 Å². The van der Waals surface area contributed by atoms with Crippen LogP contribution < -0.4 is 27.0 Å². The standard InChI is InChI=1S/C35H44N4O2.C34H38N4O2/c40-34(30-17-9-3-10-18-30)36-22-19-31-20-26-39(35(41)33(37-31)21-25-38-23-11-4-12-24-38)27-32(28-13-5-1-6-14-28)29-15-7-2-8-16-29;35-20-17-32-34(40)38(24-31(26-10-3-1-4-11-26)27-12-5-2-6-13-27)22-19-30(37-32)18-21-36-33(39)29-16-15-25-9-7-8-14-28(25)23-29/h1-3,5-10,13-18,31-33,37H,4,11-12,19-27H2,(H,36,40);1-16,23,30-32,37H,17-22,24,35H2,(H,36,39)/t31-,33+;30-,32+/m11/s1. The van der Waals surface area contributed by atoms with Crippen LogP contribution in [0.25, 0.3) is 10.8 Å². The summed E-state index contributed by atoms with van der Waals surface area (Å²) in [7, 11) is 0. The number of benzene rings is 7. The lowest BCUT2D eigenvalue weighted by Crippen LogP contribution is -2.48. The predicted molar refractivity (Wildman–Crippen MR) is 326 cm³/mol. The molecule has 0 aliphatic carbocycles. The van der Waals surface area contributed by atoms with E-state index in [1.807, 2.05) is 102 Å². The number of carbonyl (C=O) groups is 4. The fourth-order valence-corrected chi connectivity index (χ4v) is 11.9. The fourth-order valence-electron chi connectivity index (χ4n) is 11.9. The van der Waals surface area contributed by atoms with E-state index in [0.717, 1.165) is 62.5 Å². The van der Waals surface area contributed by atoms with E-state index in [4.69, 9.17) is 5.73 Å². The second kappa shape index (κ2) is 30.4. The maximum absolute atomic E-state index is 14.1. The molecule has 3 aliphatic rings. The molecule has 10 rings (SSSR count). The largest absolute Gasteiger partial charge is 0.352 e. The van der Waals surface area contributed by atoms with Gasteiger partial charge in [0.1, 0.15) is 0 Å². The third-order valence-electron chi connectivity index (χ3n) is 16.4. The van der Waals surface area contributed by atoms with Crippen molar-refractivity contribution in [1.29, 1.82) is 0 Å². The molecule has 3 heterocycles. The Morgan fingerprint density at radius 2 is 0.889 bits per heavy atom. The first-order valence-corrected chi connectivity index (χ1v) is 29.6. The molecular weight excluding hydrogens is 1000 g/mol. The van der Waals surface area contributed by atoms with Gasteiger partial charge < -0.3 is 41.7 Å². The smallest absolute Gasteiger partial charge is 0.251 e. The Morgan fingerprint density at radius 3 is 1.36 bits per heavy atom. The highest BCUT2D eigenvalue weighted by molar-refractivity contribution is 5.98. The number of rotatable bonds is 21. The minimum absolute atomic E-state index is 0.0489. The number of hydrogen-bond donors (Lipinski definition) is 5. The third-order valence-corrected chi connectivity index (χ3v) is 16.4. The molecule has 0 bridgehead atoms. The summed E-state index contributed by atoms with van der Waals surface area (Å²) in [6.45, 7) is 7.38. The van der Waals surface area contributed by atoms with E-state index in [0.29, 0.717) is 63.4 Å². The number of nitrogens with one attached hydrogen (secondary N) is 4. The maximum atomic E-state index is 14.1. The van der Waals surface area contributed by atoms with E-state index in [2.05, 4.69) is 128 Å². The van der Waals surface area contributed by atoms with Crippen molar-refractivity contribution in [2.45, 2.75) is 93.8 Å². The maximum Gasteiger partial charge on any atom is 0.251 e. The molecule has 0 spiro atoms. The second-order valence-corrected chi connectivity index (χ2v) is 22.0. The fraction of sp³-hybridized carbons (Fsp3) is 0.362. The van der Waals surface area contributed by atoms with Crippen LogP contribution in [-0.2, 0) is 9.59 Å². The number of nitrogens with two attached hydrogens (primary N) is 1. The third kappa shape index (κ3) is 16.8. The summed E-state index contributed by atoms with van der Waals surface area (Å²) >= 11 is 0. The van der Waals surface area contributed by atoms with Crippen molar-refractivity contribution in [2.24, 2.45) is 5.73 Å². The van der Waals surface area contributed by atoms with Gasteiger partial charge in [-0.15, -0.1) is 0 Å². The molecule has 4 atom stereocenters. The van der Waals surface area contributed by atoms with Crippen LogP contribution in [0.2, 0.25) is 0 Å². The van der Waals surface area contributed by atoms with Crippen LogP contribution in [0.3, 0.4) is 0 Å². The van der Waals surface area contributed by atoms with Crippen LogP contribution in [0, 0.1) is 0 Å². The SMILES string of the molecule is NCC[C@@H]1N[C@H](CCNC(=O)c2ccc3ccccc3c2)CCN(CC(c2ccccc2)c2ccccc2)C1=O.O=C(NCC[C@@H]1CCN(CC(c2ccccc2)c2ccccc2)C(=O)[C@H](CCN2CCCCC2)N1)c1ccccc1. The van der Waals surface area contributed by atoms with Crippen molar-refractivity contribution in [1.82, 2.24) is 36.0 Å². The molecule has 3 saturated heterocycles. The molecule has 0 saturated carbocycles. The monoisotopic (exact) mass is 1090 g/mol. The lowest BCUT2D eigenvalue weighted by molar-refractivity contribution is -0.133. The molecule has 4 amide bonds. The Kier molecular flexibility index (Phi) is 21.8. The zero-order valence-electron chi connectivity index (χ0n) is 46.9. The van der Waals surface area contributed by atoms with E-state index < -0.39 is 0 Å². The van der Waals surface area contributed by atoms with Gasteiger partial charge in [0, 0.05) is 80.9 Å². The van der Waals surface area contributed by atoms with Crippen LogP contribution in [0.4, 0.5) is 0 Å². The van der Waals surface area contributed by atoms with Crippen molar-refractivity contribution in [2.75, 3.05) is 65.4 Å². The molecule has 6 N–H and O–H groups in total. The molecule has 0 unspecified atom stereocenters. The number of nitrogens with zero attached hydrogens (tertiary/aromatic N) is 3. The van der Waals surface area contributed by atoms with Gasteiger partial charge in [0.15, 0.2) is 0 Å². The van der Waals surface area contributed by atoms with Crippen LogP contribution in [0.15, 0.2) is 194 Å². The molecule has 81 heavy (non-hydrogen) atoms. The highest BCUT2D eigenvalue weighted by Crippen LogP contribution is 2.29. The molecule has 3 aliphatic heterocycles. The lowest BCUT2D eigenvalue weighted by Gasteiger charge is -2.31. The van der Waals surface area contributed by atoms with Gasteiger partial charge in [-0.1, -0.05) is 176 Å². The van der Waals surface area contributed by atoms with Crippen molar-refractivity contribution < 1.29 is 19.2 Å². The van der Waals surface area contributed by atoms with E-state index in [1.165, 1.54) is 41.5 Å². The number of amides is 4. The van der Waals surface area contributed by atoms with E-state index in [9.17, 15) is 19.2 Å². The summed E-state index contributed by atoms with van der Waals surface area (Å²) in [6.07, 6.45) is 8.40. The Labute approximate surface area is 479 Å². The van der Waals surface area contributed by atoms with Gasteiger partial charge in [0.2, 0.25) is 11.8 Å². The summed E-state index contributed by atoms with van der Waals surface area (Å²) in [5.41, 5.74) is 12.1. The minimum atomic E-state index is -0.333. The molecular formula is C69H82N8O4. The van der Waals surface area contributed by atoms with Gasteiger partial charge in [0.25, 0.3) is 11.8 Å². The Morgan fingerprint density at radius 1 is 0.469 bits per heavy atom. The summed E-state index contributed by atoms with van der Waals surface area (Å²) in [5, 5.41) is 15.6. The van der Waals surface area contributed by atoms with E-state index >= 15 is 0 Å². The Bertz CT molecular complexity index is 2960. The lowest BCUT2D eigenvalue weighted by atomic mass is 9.90. The molecule has 12 heteroatoms. The number of fused-ring (bicyclic) bond motifs is 1. The first kappa shape index (κ1) is 58.2. The molecule has 0 radical (unpaired) electrons. The summed E-state index contributed by atoms with van der Waals surface area (Å²) in [6, 6.07) is 64.8. The predicted octanol–water partition coefficient (Wildman–Crippen LogP) is 9.77. The normalized spacial score (nSPS) is 18.9. The quantitative estimate of drug-likeness (QED) is 0.0477. The van der Waals surface area contributed by atoms with Crippen LogP contribution >= 0.6 is 0 Å². The zero-order valence-corrected chi connectivity index (χ0v) is 46.9. The molecule has 3 fully saturated rings. The molecule has 0 aromatic heterocycles. The number of likely N-dealkylation sites (tertiary alicyclic amines) is 1. The summed E-state index contributed by atoms with van der Waals surface area (Å²) in [5.74, 6) is 0.379. The second-order valence-electron chi connectivity index (χ2n) is 22.0. The van der Waals surface area contributed by atoms with Gasteiger partial charge >= 0.3 is 0 Å². The summed E-state index contributed by atoms with van der Waals surface area (Å²) < 4.78 is 0. The number of carbonyl (C=O) groups excluding carboxylic acids is 4. The van der Waals surface area contributed by atoms with Gasteiger partial charge in [0.05, 0.1) is 12.1 Å². The summed E-state index contributed by atoms with van der Waals surface area (Å²) in [4.78, 5) is 59.9. The zero-order chi connectivity index (χ0) is 56.0. The average molecular weight is 1090 g/mol. The molecule has 12 nitrogen and oxygen atoms in total. The minimum Gasteiger partial charge on any atom is -0.352 e. The Hall–Kier alpha value is -7.48. The van der Waals surface area contributed by atoms with Crippen molar-refractivity contribution >= 4 is 34.4 Å². The van der Waals surface area contributed by atoms with Crippen LogP contribution in [0.1, 0.15) is 113 Å². The van der Waals surface area contributed by atoms with Gasteiger partial charge in [-0.3, -0.25) is 19.2 Å². The first-order chi connectivity index (χ1) is 39.8. The topological polar surface area (TPSA) is 152 Å². The van der Waals surface area contributed by atoms with Gasteiger partial charge in [-0.25, -0.2) is 0 Å². The number of hydrogen-bond acceptors (Lipinski definition) is 8. The van der Waals surface area contributed by atoms with Crippen molar-refractivity contribution in [3.8, 4) is 0 Å². The number of piperidine rings is 1. The highest BCUT2D eigenvalue weighted by atomic mass is 16.2. The molecule has 422 valence electrons.